The first kappa shape index (κ1) is 13.6. The molecule has 0 amide bonds. The van der Waals surface area contributed by atoms with Crippen LogP contribution in [-0.2, 0) is 11.2 Å². The maximum Gasteiger partial charge on any atom is 0.360 e. The van der Waals surface area contributed by atoms with Crippen molar-refractivity contribution in [2.75, 3.05) is 12.8 Å². The molecule has 2 aromatic heterocycles. The van der Waals surface area contributed by atoms with Crippen LogP contribution in [0.2, 0.25) is 0 Å². The molecule has 0 aliphatic rings. The van der Waals surface area contributed by atoms with E-state index < -0.39 is 5.97 Å². The molecule has 2 aromatic rings. The van der Waals surface area contributed by atoms with Crippen LogP contribution in [0, 0.1) is 6.92 Å². The van der Waals surface area contributed by atoms with Gasteiger partial charge in [0.1, 0.15) is 11.6 Å². The van der Waals surface area contributed by atoms with Gasteiger partial charge in [0.15, 0.2) is 5.69 Å². The fourth-order valence-corrected chi connectivity index (χ4v) is 3.00. The van der Waals surface area contributed by atoms with Crippen LogP contribution in [0.3, 0.4) is 0 Å². The van der Waals surface area contributed by atoms with Gasteiger partial charge in [0.25, 0.3) is 0 Å². The number of ether oxygens (including phenoxy) is 1. The summed E-state index contributed by atoms with van der Waals surface area (Å²) in [7, 11) is 1.32. The number of carbonyl (C=O) groups excluding carboxylic acids is 1. The third kappa shape index (κ3) is 2.63. The van der Waals surface area contributed by atoms with Crippen molar-refractivity contribution in [2.24, 2.45) is 0 Å². The minimum atomic E-state index is -0.498. The summed E-state index contributed by atoms with van der Waals surface area (Å²) in [5.41, 5.74) is 6.21. The molecule has 0 radical (unpaired) electrons. The summed E-state index contributed by atoms with van der Waals surface area (Å²) < 4.78 is 6.56. The van der Waals surface area contributed by atoms with Crippen LogP contribution in [0.5, 0.6) is 0 Å². The summed E-state index contributed by atoms with van der Waals surface area (Å²) in [4.78, 5) is 17.0. The number of hydrogen-bond donors (Lipinski definition) is 1. The monoisotopic (exact) mass is 279 g/mol. The number of esters is 1. The second-order valence-electron chi connectivity index (χ2n) is 4.39. The van der Waals surface area contributed by atoms with Gasteiger partial charge in [-0.1, -0.05) is 6.07 Å². The number of hydrogen-bond acceptors (Lipinski definition) is 5. The number of rotatable bonds is 4. The predicted octanol–water partition coefficient (Wildman–Crippen LogP) is 2.43. The Hall–Kier alpha value is -1.82. The zero-order chi connectivity index (χ0) is 14.0. The molecule has 0 aliphatic carbocycles. The Labute approximate surface area is 116 Å². The van der Waals surface area contributed by atoms with Crippen molar-refractivity contribution in [1.29, 1.82) is 0 Å². The maximum absolute atomic E-state index is 11.6. The Kier molecular flexibility index (Phi) is 3.90. The van der Waals surface area contributed by atoms with Gasteiger partial charge in [-0.3, -0.25) is 0 Å². The van der Waals surface area contributed by atoms with Gasteiger partial charge in [-0.15, -0.1) is 11.3 Å². The molecule has 1 atom stereocenters. The highest BCUT2D eigenvalue weighted by atomic mass is 32.1. The number of nitrogens with zero attached hydrogens (tertiary/aromatic N) is 2. The molecule has 2 rings (SSSR count). The van der Waals surface area contributed by atoms with Gasteiger partial charge in [0.2, 0.25) is 0 Å². The third-order valence-corrected chi connectivity index (χ3v) is 3.92. The molecule has 0 aliphatic heterocycles. The summed E-state index contributed by atoms with van der Waals surface area (Å²) in [6.45, 7) is 3.90. The summed E-state index contributed by atoms with van der Waals surface area (Å²) in [5.74, 6) is 0.595. The number of aryl methyl sites for hydroxylation is 1. The number of anilines is 1. The standard InChI is InChI=1S/C13H17N3O2S/c1-8(7-10-5-4-6-19-10)16-9(2)15-11(12(16)14)13(17)18-3/h4-6,8H,7,14H2,1-3H3. The van der Waals surface area contributed by atoms with Crippen LogP contribution in [0.25, 0.3) is 0 Å². The second-order valence-corrected chi connectivity index (χ2v) is 5.42. The molecule has 0 bridgehead atoms. The van der Waals surface area contributed by atoms with E-state index in [-0.39, 0.29) is 11.7 Å². The summed E-state index contributed by atoms with van der Waals surface area (Å²) in [6, 6.07) is 4.26. The zero-order valence-corrected chi connectivity index (χ0v) is 12.0. The van der Waals surface area contributed by atoms with Crippen LogP contribution >= 0.6 is 11.3 Å². The van der Waals surface area contributed by atoms with E-state index in [0.717, 1.165) is 12.2 Å². The van der Waals surface area contributed by atoms with Gasteiger partial charge in [0.05, 0.1) is 7.11 Å². The summed E-state index contributed by atoms with van der Waals surface area (Å²) in [5, 5.41) is 2.05. The van der Waals surface area contributed by atoms with Gasteiger partial charge in [-0.25, -0.2) is 9.78 Å². The van der Waals surface area contributed by atoms with Crippen molar-refractivity contribution < 1.29 is 9.53 Å². The fraction of sp³-hybridized carbons (Fsp3) is 0.385. The lowest BCUT2D eigenvalue weighted by molar-refractivity contribution is 0.0595. The molecule has 2 N–H and O–H groups in total. The van der Waals surface area contributed by atoms with Crippen molar-refractivity contribution in [2.45, 2.75) is 26.3 Å². The highest BCUT2D eigenvalue weighted by Gasteiger charge is 2.22. The Morgan fingerprint density at radius 2 is 2.37 bits per heavy atom. The number of methoxy groups -OCH3 is 1. The molecule has 1 unspecified atom stereocenters. The number of nitrogens with two attached hydrogens (primary N) is 1. The molecule has 0 saturated heterocycles. The largest absolute Gasteiger partial charge is 0.464 e. The number of carbonyl (C=O) groups is 1. The van der Waals surface area contributed by atoms with Crippen LogP contribution in [0.1, 0.15) is 34.2 Å². The molecule has 0 saturated carbocycles. The summed E-state index contributed by atoms with van der Waals surface area (Å²) >= 11 is 1.71. The fourth-order valence-electron chi connectivity index (χ4n) is 2.18. The van der Waals surface area contributed by atoms with E-state index in [4.69, 9.17) is 5.73 Å². The summed E-state index contributed by atoms with van der Waals surface area (Å²) in [6.07, 6.45) is 0.861. The second kappa shape index (κ2) is 5.44. The Morgan fingerprint density at radius 3 is 2.95 bits per heavy atom. The number of nitrogen functional groups attached to an aromatic ring is 1. The lowest BCUT2D eigenvalue weighted by Crippen LogP contribution is -2.13. The average molecular weight is 279 g/mol. The molecule has 0 spiro atoms. The van der Waals surface area contributed by atoms with Crippen molar-refractivity contribution in [3.05, 3.63) is 33.9 Å². The highest BCUT2D eigenvalue weighted by Crippen LogP contribution is 2.25. The predicted molar refractivity (Wildman–Crippen MR) is 75.4 cm³/mol. The molecular formula is C13H17N3O2S. The zero-order valence-electron chi connectivity index (χ0n) is 11.2. The first-order valence-electron chi connectivity index (χ1n) is 5.99. The minimum absolute atomic E-state index is 0.143. The van der Waals surface area contributed by atoms with E-state index in [1.54, 1.807) is 11.3 Å². The maximum atomic E-state index is 11.6. The van der Waals surface area contributed by atoms with Gasteiger partial charge >= 0.3 is 5.97 Å². The van der Waals surface area contributed by atoms with E-state index in [1.807, 2.05) is 22.9 Å². The van der Waals surface area contributed by atoms with E-state index in [2.05, 4.69) is 22.7 Å². The average Bonchev–Trinajstić information content (AvgIpc) is 2.96. The molecular weight excluding hydrogens is 262 g/mol. The van der Waals surface area contributed by atoms with E-state index >= 15 is 0 Å². The first-order valence-corrected chi connectivity index (χ1v) is 6.87. The van der Waals surface area contributed by atoms with E-state index in [9.17, 15) is 4.79 Å². The lowest BCUT2D eigenvalue weighted by atomic mass is 10.2. The molecule has 6 heteroatoms. The van der Waals surface area contributed by atoms with Crippen LogP contribution < -0.4 is 5.73 Å². The quantitative estimate of drug-likeness (QED) is 0.873. The number of thiophene rings is 1. The molecule has 19 heavy (non-hydrogen) atoms. The Bertz CT molecular complexity index is 575. The lowest BCUT2D eigenvalue weighted by Gasteiger charge is -2.16. The molecule has 5 nitrogen and oxygen atoms in total. The first-order chi connectivity index (χ1) is 9.04. The van der Waals surface area contributed by atoms with E-state index in [1.165, 1.54) is 12.0 Å². The van der Waals surface area contributed by atoms with Crippen molar-refractivity contribution in [3.63, 3.8) is 0 Å². The van der Waals surface area contributed by atoms with Crippen molar-refractivity contribution in [3.8, 4) is 0 Å². The normalized spacial score (nSPS) is 12.4. The minimum Gasteiger partial charge on any atom is -0.464 e. The number of aromatic nitrogens is 2. The number of imidazole rings is 1. The van der Waals surface area contributed by atoms with Crippen LogP contribution in [0.15, 0.2) is 17.5 Å². The molecule has 0 fully saturated rings. The molecule has 0 aromatic carbocycles. The Balaban J connectivity index is 2.29. The van der Waals surface area contributed by atoms with Crippen LogP contribution in [0.4, 0.5) is 5.82 Å². The van der Waals surface area contributed by atoms with Crippen molar-refractivity contribution in [1.82, 2.24) is 9.55 Å². The molecule has 102 valence electrons. The Morgan fingerprint density at radius 1 is 1.63 bits per heavy atom. The van der Waals surface area contributed by atoms with Gasteiger partial charge in [-0.2, -0.15) is 0 Å². The van der Waals surface area contributed by atoms with Gasteiger partial charge < -0.3 is 15.0 Å². The topological polar surface area (TPSA) is 70.1 Å². The smallest absolute Gasteiger partial charge is 0.360 e. The highest BCUT2D eigenvalue weighted by molar-refractivity contribution is 7.09. The van der Waals surface area contributed by atoms with Gasteiger partial charge in [-0.05, 0) is 25.3 Å². The SMILES string of the molecule is COC(=O)c1nc(C)n(C(C)Cc2cccs2)c1N. The van der Waals surface area contributed by atoms with Crippen LogP contribution in [-0.4, -0.2) is 22.6 Å². The van der Waals surface area contributed by atoms with E-state index in [0.29, 0.717) is 5.82 Å². The molecule has 2 heterocycles. The van der Waals surface area contributed by atoms with Gasteiger partial charge in [0, 0.05) is 17.3 Å². The van der Waals surface area contributed by atoms with Crippen molar-refractivity contribution >= 4 is 23.1 Å². The third-order valence-electron chi connectivity index (χ3n) is 3.02.